The Hall–Kier alpha value is -0.820. The van der Waals surface area contributed by atoms with Crippen molar-refractivity contribution in [2.75, 3.05) is 7.05 Å². The standard InChI is InChI=1S/C10H9N3S3/c1-11-5-9-12-13-10(16-9)8-4-7-6(15-8)2-3-14-7/h2-4,11H,5H2,1H3. The van der Waals surface area contributed by atoms with Gasteiger partial charge in [-0.2, -0.15) is 0 Å². The minimum absolute atomic E-state index is 0.789. The summed E-state index contributed by atoms with van der Waals surface area (Å²) in [4.78, 5) is 1.22. The highest BCUT2D eigenvalue weighted by Gasteiger charge is 2.10. The molecule has 0 aliphatic heterocycles. The second-order valence-electron chi connectivity index (χ2n) is 3.29. The van der Waals surface area contributed by atoms with E-state index in [4.69, 9.17) is 0 Å². The molecule has 0 saturated heterocycles. The number of nitrogens with one attached hydrogen (secondary N) is 1. The molecule has 3 rings (SSSR count). The van der Waals surface area contributed by atoms with E-state index in [0.717, 1.165) is 16.6 Å². The summed E-state index contributed by atoms with van der Waals surface area (Å²) < 4.78 is 2.68. The zero-order chi connectivity index (χ0) is 11.0. The summed E-state index contributed by atoms with van der Waals surface area (Å²) in [6, 6.07) is 4.36. The third-order valence-electron chi connectivity index (χ3n) is 2.15. The first-order valence-electron chi connectivity index (χ1n) is 4.81. The molecule has 0 aliphatic rings. The van der Waals surface area contributed by atoms with E-state index in [1.807, 2.05) is 7.05 Å². The maximum absolute atomic E-state index is 4.22. The lowest BCUT2D eigenvalue weighted by atomic mass is 10.4. The summed E-state index contributed by atoms with van der Waals surface area (Å²) in [6.07, 6.45) is 0. The van der Waals surface area contributed by atoms with Crippen LogP contribution in [-0.4, -0.2) is 17.2 Å². The Morgan fingerprint density at radius 3 is 3.00 bits per heavy atom. The quantitative estimate of drug-likeness (QED) is 0.792. The summed E-state index contributed by atoms with van der Waals surface area (Å²) in [5.41, 5.74) is 0. The molecule has 0 bridgehead atoms. The van der Waals surface area contributed by atoms with Gasteiger partial charge in [-0.3, -0.25) is 0 Å². The van der Waals surface area contributed by atoms with Gasteiger partial charge in [0.25, 0.3) is 0 Å². The summed E-state index contributed by atoms with van der Waals surface area (Å²) in [6.45, 7) is 0.789. The second kappa shape index (κ2) is 4.21. The van der Waals surface area contributed by atoms with Gasteiger partial charge in [-0.1, -0.05) is 11.3 Å². The molecule has 0 unspecified atom stereocenters. The Labute approximate surface area is 105 Å². The Balaban J connectivity index is 1.98. The Bertz CT molecular complexity index is 579. The van der Waals surface area contributed by atoms with Gasteiger partial charge in [-0.05, 0) is 24.6 Å². The fourth-order valence-electron chi connectivity index (χ4n) is 1.45. The van der Waals surface area contributed by atoms with Gasteiger partial charge in [-0.25, -0.2) is 0 Å². The highest BCUT2D eigenvalue weighted by molar-refractivity contribution is 7.30. The monoisotopic (exact) mass is 267 g/mol. The first-order valence-corrected chi connectivity index (χ1v) is 7.32. The van der Waals surface area contributed by atoms with Crippen LogP contribution >= 0.6 is 34.0 Å². The summed E-state index contributed by atoms with van der Waals surface area (Å²) in [7, 11) is 1.92. The number of rotatable bonds is 3. The van der Waals surface area contributed by atoms with Crippen LogP contribution in [0.4, 0.5) is 0 Å². The molecule has 3 nitrogen and oxygen atoms in total. The van der Waals surface area contributed by atoms with Crippen molar-refractivity contribution >= 4 is 43.4 Å². The van der Waals surface area contributed by atoms with Crippen LogP contribution in [0.2, 0.25) is 0 Å². The molecule has 0 saturated carbocycles. The summed E-state index contributed by atoms with van der Waals surface area (Å²) in [5.74, 6) is 0. The van der Waals surface area contributed by atoms with Crippen LogP contribution in [0, 0.1) is 0 Å². The Morgan fingerprint density at radius 2 is 2.19 bits per heavy atom. The number of nitrogens with zero attached hydrogens (tertiary/aromatic N) is 2. The third kappa shape index (κ3) is 1.78. The molecule has 0 amide bonds. The molecule has 0 aliphatic carbocycles. The van der Waals surface area contributed by atoms with Crippen LogP contribution in [0.3, 0.4) is 0 Å². The van der Waals surface area contributed by atoms with Gasteiger partial charge in [0, 0.05) is 15.9 Å². The molecule has 0 aromatic carbocycles. The summed E-state index contributed by atoms with van der Waals surface area (Å²) in [5, 5.41) is 15.6. The highest BCUT2D eigenvalue weighted by atomic mass is 32.1. The average Bonchev–Trinajstić information content (AvgIpc) is 2.88. The normalized spacial score (nSPS) is 11.3. The number of thiophene rings is 2. The van der Waals surface area contributed by atoms with Crippen molar-refractivity contribution in [3.05, 3.63) is 22.5 Å². The zero-order valence-electron chi connectivity index (χ0n) is 8.56. The fourth-order valence-corrected chi connectivity index (χ4v) is 4.45. The van der Waals surface area contributed by atoms with Gasteiger partial charge < -0.3 is 5.32 Å². The van der Waals surface area contributed by atoms with Crippen molar-refractivity contribution in [1.29, 1.82) is 0 Å². The van der Waals surface area contributed by atoms with Crippen molar-refractivity contribution < 1.29 is 0 Å². The van der Waals surface area contributed by atoms with E-state index >= 15 is 0 Å². The van der Waals surface area contributed by atoms with E-state index in [2.05, 4.69) is 33.0 Å². The van der Waals surface area contributed by atoms with Crippen LogP contribution < -0.4 is 5.32 Å². The van der Waals surface area contributed by atoms with Crippen molar-refractivity contribution in [2.45, 2.75) is 6.54 Å². The van der Waals surface area contributed by atoms with E-state index in [9.17, 15) is 0 Å². The minimum Gasteiger partial charge on any atom is -0.313 e. The third-order valence-corrected chi connectivity index (χ3v) is 5.33. The number of aromatic nitrogens is 2. The second-order valence-corrected chi connectivity index (χ2v) is 6.38. The van der Waals surface area contributed by atoms with E-state index in [0.29, 0.717) is 0 Å². The molecular formula is C10H9N3S3. The fraction of sp³-hybridized carbons (Fsp3) is 0.200. The molecule has 0 spiro atoms. The lowest BCUT2D eigenvalue weighted by Gasteiger charge is -1.88. The SMILES string of the molecule is CNCc1nnc(-c2cc3sccc3s2)s1. The highest BCUT2D eigenvalue weighted by Crippen LogP contribution is 2.37. The lowest BCUT2D eigenvalue weighted by Crippen LogP contribution is -2.04. The smallest absolute Gasteiger partial charge is 0.157 e. The van der Waals surface area contributed by atoms with E-state index in [1.165, 1.54) is 14.3 Å². The van der Waals surface area contributed by atoms with Gasteiger partial charge in [0.2, 0.25) is 0 Å². The van der Waals surface area contributed by atoms with Gasteiger partial charge in [-0.15, -0.1) is 32.9 Å². The van der Waals surface area contributed by atoms with Crippen molar-refractivity contribution in [2.24, 2.45) is 0 Å². The molecule has 3 aromatic rings. The van der Waals surface area contributed by atoms with Crippen LogP contribution in [0.15, 0.2) is 17.5 Å². The van der Waals surface area contributed by atoms with E-state index in [-0.39, 0.29) is 0 Å². The van der Waals surface area contributed by atoms with Gasteiger partial charge in [0.05, 0.1) is 4.88 Å². The van der Waals surface area contributed by atoms with Crippen LogP contribution in [-0.2, 0) is 6.54 Å². The van der Waals surface area contributed by atoms with Crippen molar-refractivity contribution in [3.63, 3.8) is 0 Å². The molecule has 0 fully saturated rings. The number of hydrogen-bond acceptors (Lipinski definition) is 6. The maximum atomic E-state index is 4.22. The number of hydrogen-bond donors (Lipinski definition) is 1. The van der Waals surface area contributed by atoms with Crippen molar-refractivity contribution in [1.82, 2.24) is 15.5 Å². The molecular weight excluding hydrogens is 258 g/mol. The van der Waals surface area contributed by atoms with Crippen LogP contribution in [0.25, 0.3) is 19.3 Å². The lowest BCUT2D eigenvalue weighted by molar-refractivity contribution is 0.795. The Kier molecular flexibility index (Phi) is 2.72. The number of fused-ring (bicyclic) bond motifs is 1. The van der Waals surface area contributed by atoms with Crippen LogP contribution in [0.1, 0.15) is 5.01 Å². The molecule has 3 aromatic heterocycles. The average molecular weight is 267 g/mol. The molecule has 6 heteroatoms. The zero-order valence-corrected chi connectivity index (χ0v) is 11.0. The minimum atomic E-state index is 0.789. The van der Waals surface area contributed by atoms with Crippen molar-refractivity contribution in [3.8, 4) is 9.88 Å². The molecule has 0 radical (unpaired) electrons. The first kappa shape index (κ1) is 10.3. The molecule has 82 valence electrons. The summed E-state index contributed by atoms with van der Waals surface area (Å²) >= 11 is 5.22. The topological polar surface area (TPSA) is 37.8 Å². The maximum Gasteiger partial charge on any atom is 0.157 e. The predicted octanol–water partition coefficient (Wildman–Crippen LogP) is 3.20. The van der Waals surface area contributed by atoms with Gasteiger partial charge in [0.1, 0.15) is 5.01 Å². The molecule has 1 N–H and O–H groups in total. The van der Waals surface area contributed by atoms with Gasteiger partial charge in [0.15, 0.2) is 5.01 Å². The Morgan fingerprint density at radius 1 is 1.25 bits per heavy atom. The van der Waals surface area contributed by atoms with E-state index < -0.39 is 0 Å². The predicted molar refractivity (Wildman–Crippen MR) is 71.4 cm³/mol. The van der Waals surface area contributed by atoms with E-state index in [1.54, 1.807) is 34.0 Å². The van der Waals surface area contributed by atoms with Crippen LogP contribution in [0.5, 0.6) is 0 Å². The molecule has 16 heavy (non-hydrogen) atoms. The molecule has 3 heterocycles. The first-order chi connectivity index (χ1) is 7.86. The van der Waals surface area contributed by atoms with Gasteiger partial charge >= 0.3 is 0 Å². The largest absolute Gasteiger partial charge is 0.313 e. The molecule has 0 atom stereocenters.